The van der Waals surface area contributed by atoms with Crippen molar-refractivity contribution in [3.63, 3.8) is 0 Å². The molecule has 1 aromatic rings. The van der Waals surface area contributed by atoms with E-state index in [4.69, 9.17) is 4.74 Å². The highest BCUT2D eigenvalue weighted by molar-refractivity contribution is 5.80. The number of rotatable bonds is 8. The Bertz CT molecular complexity index is 539. The zero-order valence-electron chi connectivity index (χ0n) is 16.7. The van der Waals surface area contributed by atoms with Crippen molar-refractivity contribution >= 4 is 11.8 Å². The van der Waals surface area contributed by atoms with Crippen molar-refractivity contribution in [3.05, 3.63) is 23.9 Å². The van der Waals surface area contributed by atoms with Gasteiger partial charge in [-0.25, -0.2) is 9.98 Å². The van der Waals surface area contributed by atoms with Gasteiger partial charge in [-0.2, -0.15) is 0 Å². The van der Waals surface area contributed by atoms with Gasteiger partial charge in [0.05, 0.1) is 13.2 Å². The van der Waals surface area contributed by atoms with E-state index in [0.29, 0.717) is 13.2 Å². The number of hydrogen-bond donors (Lipinski definition) is 2. The largest absolute Gasteiger partial charge is 0.383 e. The summed E-state index contributed by atoms with van der Waals surface area (Å²) in [4.78, 5) is 14.1. The van der Waals surface area contributed by atoms with Gasteiger partial charge in [0.1, 0.15) is 5.82 Å². The van der Waals surface area contributed by atoms with Gasteiger partial charge >= 0.3 is 0 Å². The Morgan fingerprint density at radius 3 is 2.62 bits per heavy atom. The number of pyridine rings is 1. The SMILES string of the molecule is CCNC(=NCc1ccc(N2CCN(CC)CC2)nc1)NC(C)COC. The lowest BCUT2D eigenvalue weighted by molar-refractivity contribution is 0.179. The number of piperazine rings is 1. The van der Waals surface area contributed by atoms with Gasteiger partial charge in [0.15, 0.2) is 5.96 Å². The first kappa shape index (κ1) is 20.5. The highest BCUT2D eigenvalue weighted by Crippen LogP contribution is 2.14. The first-order chi connectivity index (χ1) is 12.7. The van der Waals surface area contributed by atoms with Crippen LogP contribution in [0.3, 0.4) is 0 Å². The van der Waals surface area contributed by atoms with Gasteiger partial charge in [0, 0.05) is 52.1 Å². The monoisotopic (exact) mass is 362 g/mol. The molecule has 2 N–H and O–H groups in total. The summed E-state index contributed by atoms with van der Waals surface area (Å²) >= 11 is 0. The Labute approximate surface area is 157 Å². The average molecular weight is 363 g/mol. The summed E-state index contributed by atoms with van der Waals surface area (Å²) in [5.41, 5.74) is 1.11. The van der Waals surface area contributed by atoms with Crippen molar-refractivity contribution in [2.75, 3.05) is 57.9 Å². The van der Waals surface area contributed by atoms with Gasteiger partial charge in [-0.1, -0.05) is 13.0 Å². The number of nitrogens with one attached hydrogen (secondary N) is 2. The topological polar surface area (TPSA) is 65.0 Å². The van der Waals surface area contributed by atoms with Crippen molar-refractivity contribution in [2.45, 2.75) is 33.4 Å². The molecule has 1 saturated heterocycles. The predicted octanol–water partition coefficient (Wildman–Crippen LogP) is 1.31. The van der Waals surface area contributed by atoms with Crippen LogP contribution < -0.4 is 15.5 Å². The number of likely N-dealkylation sites (N-methyl/N-ethyl adjacent to an activating group) is 1. The zero-order valence-corrected chi connectivity index (χ0v) is 16.7. The minimum absolute atomic E-state index is 0.208. The Morgan fingerprint density at radius 1 is 1.27 bits per heavy atom. The highest BCUT2D eigenvalue weighted by atomic mass is 16.5. The van der Waals surface area contributed by atoms with E-state index in [-0.39, 0.29) is 6.04 Å². The molecular formula is C19H34N6O. The normalized spacial score (nSPS) is 17.2. The summed E-state index contributed by atoms with van der Waals surface area (Å²) < 4.78 is 5.17. The van der Waals surface area contributed by atoms with Crippen LogP contribution in [0.4, 0.5) is 5.82 Å². The molecule has 1 aliphatic heterocycles. The fourth-order valence-electron chi connectivity index (χ4n) is 3.01. The third-order valence-corrected chi connectivity index (χ3v) is 4.52. The highest BCUT2D eigenvalue weighted by Gasteiger charge is 2.16. The Hall–Kier alpha value is -1.86. The maximum Gasteiger partial charge on any atom is 0.191 e. The van der Waals surface area contributed by atoms with Gasteiger partial charge in [-0.15, -0.1) is 0 Å². The number of hydrogen-bond acceptors (Lipinski definition) is 5. The number of aliphatic imine (C=N–C) groups is 1. The number of methoxy groups -OCH3 is 1. The summed E-state index contributed by atoms with van der Waals surface area (Å²) in [6.07, 6.45) is 1.94. The van der Waals surface area contributed by atoms with Gasteiger partial charge in [-0.05, 0) is 32.0 Å². The molecule has 0 amide bonds. The summed E-state index contributed by atoms with van der Waals surface area (Å²) in [5, 5.41) is 6.61. The second kappa shape index (κ2) is 11.0. The molecule has 2 heterocycles. The van der Waals surface area contributed by atoms with Crippen LogP contribution in [0, 0.1) is 0 Å². The van der Waals surface area contributed by atoms with Crippen LogP contribution in [0.2, 0.25) is 0 Å². The molecule has 1 fully saturated rings. The minimum Gasteiger partial charge on any atom is -0.383 e. The molecular weight excluding hydrogens is 328 g/mol. The standard InChI is InChI=1S/C19H34N6O/c1-5-20-19(23-16(3)15-26-4)22-14-17-7-8-18(21-13-17)25-11-9-24(6-2)10-12-25/h7-8,13,16H,5-6,9-12,14-15H2,1-4H3,(H2,20,22,23). The summed E-state index contributed by atoms with van der Waals surface area (Å²) in [6, 6.07) is 4.45. The van der Waals surface area contributed by atoms with E-state index in [9.17, 15) is 0 Å². The van der Waals surface area contributed by atoms with Crippen molar-refractivity contribution in [2.24, 2.45) is 4.99 Å². The van der Waals surface area contributed by atoms with Crippen LogP contribution in [0.15, 0.2) is 23.3 Å². The van der Waals surface area contributed by atoms with Gasteiger partial charge < -0.3 is 25.2 Å². The molecule has 1 aromatic heterocycles. The van der Waals surface area contributed by atoms with E-state index in [1.54, 1.807) is 7.11 Å². The molecule has 1 unspecified atom stereocenters. The van der Waals surface area contributed by atoms with Gasteiger partial charge in [0.2, 0.25) is 0 Å². The van der Waals surface area contributed by atoms with Crippen molar-refractivity contribution in [3.8, 4) is 0 Å². The summed E-state index contributed by atoms with van der Waals surface area (Å²) in [5.74, 6) is 1.86. The molecule has 1 atom stereocenters. The molecule has 1 aliphatic rings. The van der Waals surface area contributed by atoms with Crippen LogP contribution in [-0.4, -0.2) is 74.9 Å². The number of guanidine groups is 1. The molecule has 2 rings (SSSR count). The molecule has 0 saturated carbocycles. The second-order valence-corrected chi connectivity index (χ2v) is 6.64. The second-order valence-electron chi connectivity index (χ2n) is 6.64. The maximum absolute atomic E-state index is 5.17. The fourth-order valence-corrected chi connectivity index (χ4v) is 3.01. The molecule has 0 bridgehead atoms. The van der Waals surface area contributed by atoms with E-state index in [1.165, 1.54) is 0 Å². The van der Waals surface area contributed by atoms with Crippen LogP contribution in [-0.2, 0) is 11.3 Å². The number of aromatic nitrogens is 1. The number of anilines is 1. The average Bonchev–Trinajstić information content (AvgIpc) is 2.67. The molecule has 0 spiro atoms. The molecule has 146 valence electrons. The zero-order chi connectivity index (χ0) is 18.8. The maximum atomic E-state index is 5.17. The quantitative estimate of drug-likeness (QED) is 0.537. The molecule has 26 heavy (non-hydrogen) atoms. The van der Waals surface area contributed by atoms with Gasteiger partial charge in [-0.3, -0.25) is 0 Å². The number of nitrogens with zero attached hydrogens (tertiary/aromatic N) is 4. The van der Waals surface area contributed by atoms with E-state index >= 15 is 0 Å². The molecule has 0 aliphatic carbocycles. The third-order valence-electron chi connectivity index (χ3n) is 4.52. The predicted molar refractivity (Wildman–Crippen MR) is 108 cm³/mol. The van der Waals surface area contributed by atoms with E-state index in [0.717, 1.165) is 56.6 Å². The lowest BCUT2D eigenvalue weighted by Gasteiger charge is -2.34. The minimum atomic E-state index is 0.208. The molecule has 7 nitrogen and oxygen atoms in total. The first-order valence-electron chi connectivity index (χ1n) is 9.62. The molecule has 0 aromatic carbocycles. The summed E-state index contributed by atoms with van der Waals surface area (Å²) in [6.45, 7) is 13.9. The van der Waals surface area contributed by atoms with Crippen LogP contribution in [0.5, 0.6) is 0 Å². The van der Waals surface area contributed by atoms with E-state index < -0.39 is 0 Å². The third kappa shape index (κ3) is 6.46. The van der Waals surface area contributed by atoms with Crippen LogP contribution in [0.1, 0.15) is 26.3 Å². The van der Waals surface area contributed by atoms with Crippen LogP contribution in [0.25, 0.3) is 0 Å². The Kier molecular flexibility index (Phi) is 8.64. The van der Waals surface area contributed by atoms with Crippen molar-refractivity contribution < 1.29 is 4.74 Å². The van der Waals surface area contributed by atoms with E-state index in [1.807, 2.05) is 6.20 Å². The van der Waals surface area contributed by atoms with Gasteiger partial charge in [0.25, 0.3) is 0 Å². The first-order valence-corrected chi connectivity index (χ1v) is 9.62. The van der Waals surface area contributed by atoms with E-state index in [2.05, 4.69) is 63.3 Å². The van der Waals surface area contributed by atoms with Crippen LogP contribution >= 0.6 is 0 Å². The lowest BCUT2D eigenvalue weighted by atomic mass is 10.2. The Morgan fingerprint density at radius 2 is 2.04 bits per heavy atom. The molecule has 7 heteroatoms. The van der Waals surface area contributed by atoms with Crippen molar-refractivity contribution in [1.82, 2.24) is 20.5 Å². The Balaban J connectivity index is 1.90. The number of ether oxygens (including phenoxy) is 1. The summed E-state index contributed by atoms with van der Waals surface area (Å²) in [7, 11) is 1.71. The smallest absolute Gasteiger partial charge is 0.191 e. The fraction of sp³-hybridized carbons (Fsp3) is 0.684. The molecule has 0 radical (unpaired) electrons. The van der Waals surface area contributed by atoms with Crippen molar-refractivity contribution in [1.29, 1.82) is 0 Å². The lowest BCUT2D eigenvalue weighted by Crippen LogP contribution is -2.46.